The molecule has 5 rings (SSSR count). The van der Waals surface area contributed by atoms with Crippen LogP contribution in [0.25, 0.3) is 22.3 Å². The fraction of sp³-hybridized carbons (Fsp3) is 0.357. The van der Waals surface area contributed by atoms with Gasteiger partial charge in [0.1, 0.15) is 29.7 Å². The summed E-state index contributed by atoms with van der Waals surface area (Å²) in [6.45, 7) is 11.1. The lowest BCUT2D eigenvalue weighted by Crippen LogP contribution is -2.27. The predicted octanol–water partition coefficient (Wildman–Crippen LogP) is 3.96. The van der Waals surface area contributed by atoms with E-state index in [1.165, 1.54) is 6.08 Å². The number of carbonyl (C=O) groups is 1. The molecular weight excluding hydrogens is 496 g/mol. The Morgan fingerprint density at radius 2 is 2.00 bits per heavy atom. The van der Waals surface area contributed by atoms with E-state index in [2.05, 4.69) is 26.8 Å². The minimum absolute atomic E-state index is 0.0458. The number of ether oxygens (including phenoxy) is 2. The SMILES string of the molecule is C=CC(=O)N1CCC(n2nc(-c3ccc(OCc4ccnc(C)n4)cc3)c3c(NC(C)C)nc(OC)nc32)C1. The molecule has 202 valence electrons. The fourth-order valence-corrected chi connectivity index (χ4v) is 4.67. The van der Waals surface area contributed by atoms with Crippen LogP contribution in [0.2, 0.25) is 0 Å². The first kappa shape index (κ1) is 26.1. The van der Waals surface area contributed by atoms with Crippen LogP contribution >= 0.6 is 0 Å². The highest BCUT2D eigenvalue weighted by atomic mass is 16.5. The molecule has 11 nitrogen and oxygen atoms in total. The van der Waals surface area contributed by atoms with Crippen LogP contribution in [-0.2, 0) is 11.4 Å². The fourth-order valence-electron chi connectivity index (χ4n) is 4.67. The van der Waals surface area contributed by atoms with Gasteiger partial charge in [0.2, 0.25) is 5.91 Å². The first-order valence-electron chi connectivity index (χ1n) is 12.9. The zero-order valence-electron chi connectivity index (χ0n) is 22.6. The molecule has 1 aliphatic heterocycles. The van der Waals surface area contributed by atoms with Crippen molar-refractivity contribution in [2.24, 2.45) is 0 Å². The Balaban J connectivity index is 1.52. The third-order valence-electron chi connectivity index (χ3n) is 6.48. The first-order chi connectivity index (χ1) is 18.9. The summed E-state index contributed by atoms with van der Waals surface area (Å²) in [5.41, 5.74) is 3.09. The average Bonchev–Trinajstić information content (AvgIpc) is 3.57. The van der Waals surface area contributed by atoms with Gasteiger partial charge in [0, 0.05) is 30.9 Å². The van der Waals surface area contributed by atoms with Gasteiger partial charge in [0.25, 0.3) is 0 Å². The number of methoxy groups -OCH3 is 1. The van der Waals surface area contributed by atoms with Crippen molar-refractivity contribution in [3.8, 4) is 23.0 Å². The predicted molar refractivity (Wildman–Crippen MR) is 148 cm³/mol. The number of anilines is 1. The van der Waals surface area contributed by atoms with E-state index in [4.69, 9.17) is 19.6 Å². The Bertz CT molecular complexity index is 1500. The van der Waals surface area contributed by atoms with Gasteiger partial charge in [-0.1, -0.05) is 6.58 Å². The minimum Gasteiger partial charge on any atom is -0.487 e. The van der Waals surface area contributed by atoms with Crippen LogP contribution in [0.15, 0.2) is 49.2 Å². The Hall–Kier alpha value is -4.54. The topological polar surface area (TPSA) is 120 Å². The van der Waals surface area contributed by atoms with Gasteiger partial charge in [0.15, 0.2) is 5.65 Å². The number of hydrogen-bond acceptors (Lipinski definition) is 9. The monoisotopic (exact) mass is 528 g/mol. The van der Waals surface area contributed by atoms with Gasteiger partial charge in [-0.2, -0.15) is 15.1 Å². The van der Waals surface area contributed by atoms with Crippen LogP contribution in [0.5, 0.6) is 11.8 Å². The number of benzene rings is 1. The van der Waals surface area contributed by atoms with E-state index >= 15 is 0 Å². The Morgan fingerprint density at radius 3 is 2.69 bits per heavy atom. The standard InChI is InChI=1S/C28H32N8O3/c1-6-23(37)35-14-12-21(15-35)36-27-24(26(30-17(2)3)32-28(33-27)38-5)25(34-36)19-7-9-22(10-8-19)39-16-20-11-13-29-18(4)31-20/h6-11,13,17,21H,1,12,14-16H2,2-5H3,(H,30,32,33). The molecule has 3 aromatic heterocycles. The molecule has 0 saturated carbocycles. The third-order valence-corrected chi connectivity index (χ3v) is 6.48. The number of fused-ring (bicyclic) bond motifs is 1. The molecule has 4 aromatic rings. The van der Waals surface area contributed by atoms with Crippen LogP contribution < -0.4 is 14.8 Å². The number of likely N-dealkylation sites (tertiary alicyclic amines) is 1. The molecule has 0 radical (unpaired) electrons. The van der Waals surface area contributed by atoms with Crippen molar-refractivity contribution in [1.82, 2.24) is 34.6 Å². The second-order valence-corrected chi connectivity index (χ2v) is 9.69. The smallest absolute Gasteiger partial charge is 0.320 e. The molecule has 0 spiro atoms. The van der Waals surface area contributed by atoms with E-state index < -0.39 is 0 Å². The zero-order valence-corrected chi connectivity index (χ0v) is 22.6. The van der Waals surface area contributed by atoms with E-state index in [-0.39, 0.29) is 24.0 Å². The van der Waals surface area contributed by atoms with Gasteiger partial charge in [0.05, 0.1) is 24.2 Å². The molecule has 0 aliphatic carbocycles. The molecule has 1 aromatic carbocycles. The molecule has 4 heterocycles. The van der Waals surface area contributed by atoms with Crippen LogP contribution in [0.3, 0.4) is 0 Å². The zero-order chi connectivity index (χ0) is 27.5. The summed E-state index contributed by atoms with van der Waals surface area (Å²) in [7, 11) is 1.55. The van der Waals surface area contributed by atoms with Gasteiger partial charge in [-0.05, 0) is 63.6 Å². The Labute approximate surface area is 226 Å². The van der Waals surface area contributed by atoms with Crippen molar-refractivity contribution in [2.45, 2.75) is 45.9 Å². The summed E-state index contributed by atoms with van der Waals surface area (Å²) in [6, 6.07) is 9.93. The molecule has 1 aliphatic rings. The van der Waals surface area contributed by atoms with E-state index in [0.717, 1.165) is 28.8 Å². The number of aryl methyl sites for hydroxylation is 1. The number of hydrogen-bond donors (Lipinski definition) is 1. The number of carbonyl (C=O) groups excluding carboxylic acids is 1. The lowest BCUT2D eigenvalue weighted by Gasteiger charge is -2.15. The van der Waals surface area contributed by atoms with E-state index in [1.807, 2.05) is 55.8 Å². The molecule has 1 N–H and O–H groups in total. The van der Waals surface area contributed by atoms with E-state index in [0.29, 0.717) is 42.7 Å². The molecule has 1 amide bonds. The highest BCUT2D eigenvalue weighted by molar-refractivity contribution is 5.99. The lowest BCUT2D eigenvalue weighted by molar-refractivity contribution is -0.125. The van der Waals surface area contributed by atoms with Crippen molar-refractivity contribution in [3.63, 3.8) is 0 Å². The van der Waals surface area contributed by atoms with Crippen molar-refractivity contribution in [2.75, 3.05) is 25.5 Å². The van der Waals surface area contributed by atoms with Crippen molar-refractivity contribution < 1.29 is 14.3 Å². The lowest BCUT2D eigenvalue weighted by atomic mass is 10.1. The number of aromatic nitrogens is 6. The number of nitrogens with zero attached hydrogens (tertiary/aromatic N) is 7. The second kappa shape index (κ2) is 11.1. The van der Waals surface area contributed by atoms with Gasteiger partial charge < -0.3 is 19.7 Å². The van der Waals surface area contributed by atoms with Crippen LogP contribution in [0.1, 0.15) is 37.8 Å². The highest BCUT2D eigenvalue weighted by Gasteiger charge is 2.31. The maximum absolute atomic E-state index is 12.3. The molecule has 1 atom stereocenters. The van der Waals surface area contributed by atoms with Gasteiger partial charge >= 0.3 is 6.01 Å². The first-order valence-corrected chi connectivity index (χ1v) is 12.9. The van der Waals surface area contributed by atoms with Crippen molar-refractivity contribution >= 4 is 22.8 Å². The van der Waals surface area contributed by atoms with Crippen molar-refractivity contribution in [3.05, 3.63) is 60.7 Å². The molecule has 1 unspecified atom stereocenters. The Kier molecular flexibility index (Phi) is 7.40. The van der Waals surface area contributed by atoms with E-state index in [1.54, 1.807) is 18.2 Å². The largest absolute Gasteiger partial charge is 0.487 e. The molecule has 0 bridgehead atoms. The quantitative estimate of drug-likeness (QED) is 0.322. The van der Waals surface area contributed by atoms with Gasteiger partial charge in [-0.25, -0.2) is 14.6 Å². The maximum Gasteiger partial charge on any atom is 0.320 e. The number of rotatable bonds is 9. The van der Waals surface area contributed by atoms with Crippen molar-refractivity contribution in [1.29, 1.82) is 0 Å². The normalized spacial score (nSPS) is 15.1. The summed E-state index contributed by atoms with van der Waals surface area (Å²) in [4.78, 5) is 31.9. The summed E-state index contributed by atoms with van der Waals surface area (Å²) < 4.78 is 13.3. The Morgan fingerprint density at radius 1 is 1.21 bits per heavy atom. The summed E-state index contributed by atoms with van der Waals surface area (Å²) in [5.74, 6) is 1.98. The number of amides is 1. The molecule has 1 fully saturated rings. The number of nitrogens with one attached hydrogen (secondary N) is 1. The molecular formula is C28H32N8O3. The summed E-state index contributed by atoms with van der Waals surface area (Å²) in [5, 5.41) is 9.26. The van der Waals surface area contributed by atoms with Gasteiger partial charge in [-0.3, -0.25) is 4.79 Å². The summed E-state index contributed by atoms with van der Waals surface area (Å²) in [6.07, 6.45) is 3.83. The molecule has 11 heteroatoms. The molecule has 39 heavy (non-hydrogen) atoms. The average molecular weight is 529 g/mol. The third kappa shape index (κ3) is 5.52. The van der Waals surface area contributed by atoms with Crippen LogP contribution in [-0.4, -0.2) is 66.8 Å². The van der Waals surface area contributed by atoms with E-state index in [9.17, 15) is 4.79 Å². The van der Waals surface area contributed by atoms with Crippen LogP contribution in [0, 0.1) is 6.92 Å². The molecule has 1 saturated heterocycles. The highest BCUT2D eigenvalue weighted by Crippen LogP contribution is 2.37. The summed E-state index contributed by atoms with van der Waals surface area (Å²) >= 11 is 0. The second-order valence-electron chi connectivity index (χ2n) is 9.69. The maximum atomic E-state index is 12.3. The van der Waals surface area contributed by atoms with Crippen LogP contribution in [0.4, 0.5) is 5.82 Å². The minimum atomic E-state index is -0.0868. The van der Waals surface area contributed by atoms with Gasteiger partial charge in [-0.15, -0.1) is 0 Å².